The standard InChI is InChI=1S/C18H23N3O3/c1-20-11-17(22)19-15-4-6-21(10-14(15)18(20)23)9-12-2-3-16-13(8-12)5-7-24-16/h2-3,8,14-15H,4-7,9-11H2,1H3,(H,19,22)/t14-,15+/m0/s1. The lowest BCUT2D eigenvalue weighted by atomic mass is 9.91. The van der Waals surface area contributed by atoms with Crippen LogP contribution in [0.3, 0.4) is 0 Å². The maximum absolute atomic E-state index is 12.6. The summed E-state index contributed by atoms with van der Waals surface area (Å²) in [4.78, 5) is 28.3. The van der Waals surface area contributed by atoms with Crippen LogP contribution in [0, 0.1) is 5.92 Å². The van der Waals surface area contributed by atoms with Crippen molar-refractivity contribution >= 4 is 11.8 Å². The molecule has 1 N–H and O–H groups in total. The van der Waals surface area contributed by atoms with E-state index in [4.69, 9.17) is 4.74 Å². The van der Waals surface area contributed by atoms with E-state index >= 15 is 0 Å². The number of rotatable bonds is 2. The molecule has 0 bridgehead atoms. The summed E-state index contributed by atoms with van der Waals surface area (Å²) < 4.78 is 5.56. The molecule has 0 saturated carbocycles. The van der Waals surface area contributed by atoms with Crippen LogP contribution < -0.4 is 10.1 Å². The van der Waals surface area contributed by atoms with E-state index in [9.17, 15) is 9.59 Å². The van der Waals surface area contributed by atoms with Gasteiger partial charge in [0.15, 0.2) is 0 Å². The topological polar surface area (TPSA) is 61.9 Å². The van der Waals surface area contributed by atoms with Crippen LogP contribution in [0.4, 0.5) is 0 Å². The molecule has 4 rings (SSSR count). The molecule has 6 nitrogen and oxygen atoms in total. The third-order valence-electron chi connectivity index (χ3n) is 5.28. The van der Waals surface area contributed by atoms with Gasteiger partial charge in [-0.05, 0) is 23.6 Å². The van der Waals surface area contributed by atoms with E-state index in [1.165, 1.54) is 11.1 Å². The highest BCUT2D eigenvalue weighted by atomic mass is 16.5. The molecule has 3 aliphatic rings. The minimum Gasteiger partial charge on any atom is -0.493 e. The van der Waals surface area contributed by atoms with Gasteiger partial charge in [0.05, 0.1) is 19.1 Å². The van der Waals surface area contributed by atoms with Gasteiger partial charge in [0, 0.05) is 39.1 Å². The second kappa shape index (κ2) is 6.09. The molecule has 0 aliphatic carbocycles. The van der Waals surface area contributed by atoms with Crippen molar-refractivity contribution in [2.45, 2.75) is 25.4 Å². The molecule has 24 heavy (non-hydrogen) atoms. The van der Waals surface area contributed by atoms with Crippen molar-refractivity contribution in [3.8, 4) is 5.75 Å². The van der Waals surface area contributed by atoms with Gasteiger partial charge < -0.3 is 15.0 Å². The summed E-state index contributed by atoms with van der Waals surface area (Å²) in [5.74, 6) is 0.879. The number of ether oxygens (including phenoxy) is 1. The third kappa shape index (κ3) is 2.86. The molecule has 1 aromatic carbocycles. The van der Waals surface area contributed by atoms with E-state index in [0.29, 0.717) is 6.54 Å². The number of fused-ring (bicyclic) bond motifs is 2. The van der Waals surface area contributed by atoms with Crippen molar-refractivity contribution < 1.29 is 14.3 Å². The van der Waals surface area contributed by atoms with Gasteiger partial charge >= 0.3 is 0 Å². The number of nitrogens with zero attached hydrogens (tertiary/aromatic N) is 2. The van der Waals surface area contributed by atoms with Crippen molar-refractivity contribution in [2.24, 2.45) is 5.92 Å². The second-order valence-corrected chi connectivity index (χ2v) is 7.04. The van der Waals surface area contributed by atoms with Gasteiger partial charge in [0.2, 0.25) is 11.8 Å². The van der Waals surface area contributed by atoms with E-state index in [1.54, 1.807) is 11.9 Å². The fourth-order valence-corrected chi connectivity index (χ4v) is 4.01. The monoisotopic (exact) mass is 329 g/mol. The van der Waals surface area contributed by atoms with Gasteiger partial charge in [-0.3, -0.25) is 14.5 Å². The first kappa shape index (κ1) is 15.4. The molecule has 0 radical (unpaired) electrons. The number of hydrogen-bond donors (Lipinski definition) is 1. The fourth-order valence-electron chi connectivity index (χ4n) is 4.01. The average molecular weight is 329 g/mol. The summed E-state index contributed by atoms with van der Waals surface area (Å²) in [5, 5.41) is 3.02. The Bertz CT molecular complexity index is 675. The van der Waals surface area contributed by atoms with Gasteiger partial charge in [-0.15, -0.1) is 0 Å². The van der Waals surface area contributed by atoms with Crippen LogP contribution >= 0.6 is 0 Å². The van der Waals surface area contributed by atoms with Crippen LogP contribution in [0.15, 0.2) is 18.2 Å². The molecule has 3 heterocycles. The summed E-state index contributed by atoms with van der Waals surface area (Å²) in [5.41, 5.74) is 2.54. The second-order valence-electron chi connectivity index (χ2n) is 7.04. The highest BCUT2D eigenvalue weighted by Gasteiger charge is 2.39. The van der Waals surface area contributed by atoms with Crippen molar-refractivity contribution in [2.75, 3.05) is 33.3 Å². The predicted octanol–water partition coefficient (Wildman–Crippen LogP) is 0.400. The van der Waals surface area contributed by atoms with Crippen LogP contribution in [-0.2, 0) is 22.6 Å². The molecule has 2 atom stereocenters. The summed E-state index contributed by atoms with van der Waals surface area (Å²) >= 11 is 0. The molecule has 2 amide bonds. The van der Waals surface area contributed by atoms with Crippen LogP contribution in [0.2, 0.25) is 0 Å². The average Bonchev–Trinajstić information content (AvgIpc) is 2.99. The summed E-state index contributed by atoms with van der Waals surface area (Å²) in [6.45, 7) is 3.36. The van der Waals surface area contributed by atoms with Gasteiger partial charge in [0.25, 0.3) is 0 Å². The Kier molecular flexibility index (Phi) is 3.92. The number of likely N-dealkylation sites (N-methyl/N-ethyl adjacent to an activating group) is 1. The Morgan fingerprint density at radius 3 is 3.08 bits per heavy atom. The number of hydrogen-bond acceptors (Lipinski definition) is 4. The smallest absolute Gasteiger partial charge is 0.239 e. The minimum atomic E-state index is -0.145. The van der Waals surface area contributed by atoms with Gasteiger partial charge in [0.1, 0.15) is 5.75 Å². The summed E-state index contributed by atoms with van der Waals surface area (Å²) in [6.07, 6.45) is 1.80. The Hall–Kier alpha value is -2.08. The highest BCUT2D eigenvalue weighted by molar-refractivity contribution is 5.89. The van der Waals surface area contributed by atoms with Crippen molar-refractivity contribution in [3.05, 3.63) is 29.3 Å². The van der Waals surface area contributed by atoms with Crippen molar-refractivity contribution in [1.82, 2.24) is 15.1 Å². The molecule has 0 aromatic heterocycles. The lowest BCUT2D eigenvalue weighted by Gasteiger charge is -2.37. The number of benzene rings is 1. The maximum Gasteiger partial charge on any atom is 0.239 e. The Morgan fingerprint density at radius 2 is 2.21 bits per heavy atom. The molecule has 3 aliphatic heterocycles. The lowest BCUT2D eigenvalue weighted by Crippen LogP contribution is -2.52. The van der Waals surface area contributed by atoms with E-state index in [0.717, 1.165) is 38.3 Å². The van der Waals surface area contributed by atoms with Crippen LogP contribution in [0.1, 0.15) is 17.5 Å². The lowest BCUT2D eigenvalue weighted by molar-refractivity contribution is -0.136. The number of nitrogens with one attached hydrogen (secondary N) is 1. The first-order valence-corrected chi connectivity index (χ1v) is 8.61. The third-order valence-corrected chi connectivity index (χ3v) is 5.28. The van der Waals surface area contributed by atoms with Gasteiger partial charge in [-0.25, -0.2) is 0 Å². The molecule has 1 aromatic rings. The molecular formula is C18H23N3O3. The molecule has 2 saturated heterocycles. The van der Waals surface area contributed by atoms with E-state index in [2.05, 4.69) is 28.4 Å². The molecular weight excluding hydrogens is 306 g/mol. The van der Waals surface area contributed by atoms with Gasteiger partial charge in [-0.1, -0.05) is 12.1 Å². The quantitative estimate of drug-likeness (QED) is 0.853. The Morgan fingerprint density at radius 1 is 1.33 bits per heavy atom. The number of likely N-dealkylation sites (tertiary alicyclic amines) is 1. The zero-order chi connectivity index (χ0) is 16.7. The van der Waals surface area contributed by atoms with Crippen molar-refractivity contribution in [1.29, 1.82) is 0 Å². The normalized spacial score (nSPS) is 27.1. The Labute approximate surface area is 141 Å². The molecule has 0 spiro atoms. The van der Waals surface area contributed by atoms with Crippen LogP contribution in [0.25, 0.3) is 0 Å². The first-order valence-electron chi connectivity index (χ1n) is 8.61. The molecule has 6 heteroatoms. The number of carbonyl (C=O) groups excluding carboxylic acids is 2. The molecule has 0 unspecified atom stereocenters. The zero-order valence-electron chi connectivity index (χ0n) is 14.0. The first-order chi connectivity index (χ1) is 11.6. The zero-order valence-corrected chi connectivity index (χ0v) is 14.0. The summed E-state index contributed by atoms with van der Waals surface area (Å²) in [6, 6.07) is 6.35. The number of carbonyl (C=O) groups is 2. The van der Waals surface area contributed by atoms with E-state index in [1.807, 2.05) is 0 Å². The van der Waals surface area contributed by atoms with E-state index in [-0.39, 0.29) is 30.3 Å². The summed E-state index contributed by atoms with van der Waals surface area (Å²) in [7, 11) is 1.71. The minimum absolute atomic E-state index is 0.0281. The highest BCUT2D eigenvalue weighted by Crippen LogP contribution is 2.28. The van der Waals surface area contributed by atoms with Crippen LogP contribution in [0.5, 0.6) is 5.75 Å². The van der Waals surface area contributed by atoms with E-state index < -0.39 is 0 Å². The fraction of sp³-hybridized carbons (Fsp3) is 0.556. The molecule has 2 fully saturated rings. The number of amides is 2. The SMILES string of the molecule is CN1CC(=O)N[C@@H]2CCN(Cc3ccc4c(c3)CCO4)C[C@@H]2C1=O. The maximum atomic E-state index is 12.6. The Balaban J connectivity index is 1.46. The van der Waals surface area contributed by atoms with Crippen molar-refractivity contribution in [3.63, 3.8) is 0 Å². The largest absolute Gasteiger partial charge is 0.493 e. The van der Waals surface area contributed by atoms with Crippen LogP contribution in [-0.4, -0.2) is 60.9 Å². The molecule has 128 valence electrons. The van der Waals surface area contributed by atoms with Gasteiger partial charge in [-0.2, -0.15) is 0 Å². The predicted molar refractivity (Wildman–Crippen MR) is 88.6 cm³/mol. The number of piperidine rings is 1.